The highest BCUT2D eigenvalue weighted by molar-refractivity contribution is 9.10. The summed E-state index contributed by atoms with van der Waals surface area (Å²) in [7, 11) is 0. The number of carbonyl (C=O) groups is 1. The predicted molar refractivity (Wildman–Crippen MR) is 67.9 cm³/mol. The average molecular weight is 335 g/mol. The fraction of sp³-hybridized carbons (Fsp3) is 0.462. The van der Waals surface area contributed by atoms with Gasteiger partial charge in [-0.05, 0) is 47.3 Å². The second-order valence-electron chi connectivity index (χ2n) is 4.70. The first kappa shape index (κ1) is 14.4. The summed E-state index contributed by atoms with van der Waals surface area (Å²) >= 11 is 2.99. The predicted octanol–water partition coefficient (Wildman–Crippen LogP) is 3.15. The SMILES string of the molecule is O=C(O)C1(Cc2c(F)ccc(Br)c2F)CCOCC1. The van der Waals surface area contributed by atoms with Gasteiger partial charge in [0, 0.05) is 18.8 Å². The summed E-state index contributed by atoms with van der Waals surface area (Å²) in [6, 6.07) is 2.41. The van der Waals surface area contributed by atoms with E-state index in [1.807, 2.05) is 0 Å². The van der Waals surface area contributed by atoms with Crippen molar-refractivity contribution >= 4 is 21.9 Å². The zero-order chi connectivity index (χ0) is 14.0. The van der Waals surface area contributed by atoms with Crippen LogP contribution in [0.1, 0.15) is 18.4 Å². The molecule has 0 bridgehead atoms. The average Bonchev–Trinajstić information content (AvgIpc) is 2.40. The van der Waals surface area contributed by atoms with Gasteiger partial charge in [0.15, 0.2) is 0 Å². The molecule has 1 heterocycles. The lowest BCUT2D eigenvalue weighted by Crippen LogP contribution is -2.39. The number of hydrogen-bond acceptors (Lipinski definition) is 2. The van der Waals surface area contributed by atoms with Crippen molar-refractivity contribution in [3.05, 3.63) is 33.8 Å². The Morgan fingerprint density at radius 2 is 2.00 bits per heavy atom. The standard InChI is InChI=1S/C13H13BrF2O3/c14-9-1-2-10(15)8(11(9)16)7-13(12(17)18)3-5-19-6-4-13/h1-2H,3-7H2,(H,17,18). The Morgan fingerprint density at radius 3 is 2.58 bits per heavy atom. The van der Waals surface area contributed by atoms with E-state index in [1.165, 1.54) is 6.07 Å². The Bertz CT molecular complexity index is 499. The fourth-order valence-corrected chi connectivity index (χ4v) is 2.67. The summed E-state index contributed by atoms with van der Waals surface area (Å²) in [4.78, 5) is 11.5. The molecule has 0 atom stereocenters. The van der Waals surface area contributed by atoms with Gasteiger partial charge in [-0.15, -0.1) is 0 Å². The highest BCUT2D eigenvalue weighted by atomic mass is 79.9. The molecule has 0 radical (unpaired) electrons. The van der Waals surface area contributed by atoms with E-state index in [-0.39, 0.29) is 29.3 Å². The molecular formula is C13H13BrF2O3. The maximum Gasteiger partial charge on any atom is 0.310 e. The van der Waals surface area contributed by atoms with Gasteiger partial charge in [0.2, 0.25) is 0 Å². The first-order valence-corrected chi connectivity index (χ1v) is 6.69. The summed E-state index contributed by atoms with van der Waals surface area (Å²) in [5, 5.41) is 9.39. The molecule has 1 saturated heterocycles. The molecule has 0 saturated carbocycles. The minimum Gasteiger partial charge on any atom is -0.481 e. The van der Waals surface area contributed by atoms with Crippen molar-refractivity contribution in [3.63, 3.8) is 0 Å². The zero-order valence-corrected chi connectivity index (χ0v) is 11.7. The van der Waals surface area contributed by atoms with E-state index in [0.29, 0.717) is 13.2 Å². The summed E-state index contributed by atoms with van der Waals surface area (Å²) in [6.07, 6.45) is 0.351. The molecule has 0 aromatic heterocycles. The van der Waals surface area contributed by atoms with E-state index in [1.54, 1.807) is 0 Å². The van der Waals surface area contributed by atoms with Crippen molar-refractivity contribution in [1.82, 2.24) is 0 Å². The third kappa shape index (κ3) is 2.79. The van der Waals surface area contributed by atoms with Crippen LogP contribution in [-0.4, -0.2) is 24.3 Å². The third-order valence-electron chi connectivity index (χ3n) is 3.56. The van der Waals surface area contributed by atoms with Gasteiger partial charge in [0.1, 0.15) is 11.6 Å². The molecular weight excluding hydrogens is 322 g/mol. The minimum atomic E-state index is -1.15. The fourth-order valence-electron chi connectivity index (χ4n) is 2.30. The molecule has 2 rings (SSSR count). The smallest absolute Gasteiger partial charge is 0.310 e. The summed E-state index contributed by atoms with van der Waals surface area (Å²) in [6.45, 7) is 0.590. The first-order chi connectivity index (χ1) is 8.96. The number of rotatable bonds is 3. The monoisotopic (exact) mass is 334 g/mol. The van der Waals surface area contributed by atoms with Gasteiger partial charge in [0.25, 0.3) is 0 Å². The van der Waals surface area contributed by atoms with Crippen LogP contribution in [0.15, 0.2) is 16.6 Å². The van der Waals surface area contributed by atoms with E-state index in [9.17, 15) is 18.7 Å². The number of ether oxygens (including phenoxy) is 1. The molecule has 1 aliphatic heterocycles. The summed E-state index contributed by atoms with van der Waals surface area (Å²) in [5.74, 6) is -2.48. The first-order valence-electron chi connectivity index (χ1n) is 5.90. The van der Waals surface area contributed by atoms with Crippen LogP contribution < -0.4 is 0 Å². The van der Waals surface area contributed by atoms with Gasteiger partial charge >= 0.3 is 5.97 Å². The lowest BCUT2D eigenvalue weighted by molar-refractivity contribution is -0.154. The summed E-state index contributed by atoms with van der Waals surface area (Å²) < 4.78 is 32.9. The molecule has 6 heteroatoms. The number of aliphatic carboxylic acids is 1. The van der Waals surface area contributed by atoms with Crippen LogP contribution in [0, 0.1) is 17.0 Å². The Hall–Kier alpha value is -1.01. The van der Waals surface area contributed by atoms with Crippen LogP contribution in [0.5, 0.6) is 0 Å². The molecule has 19 heavy (non-hydrogen) atoms. The molecule has 1 fully saturated rings. The number of hydrogen-bond donors (Lipinski definition) is 1. The zero-order valence-electron chi connectivity index (χ0n) is 10.1. The molecule has 1 aromatic rings. The molecule has 1 N–H and O–H groups in total. The van der Waals surface area contributed by atoms with Crippen molar-refractivity contribution in [3.8, 4) is 0 Å². The number of carboxylic acid groups (broad SMARTS) is 1. The van der Waals surface area contributed by atoms with Gasteiger partial charge < -0.3 is 9.84 Å². The van der Waals surface area contributed by atoms with E-state index in [0.717, 1.165) is 6.07 Å². The van der Waals surface area contributed by atoms with Gasteiger partial charge in [-0.25, -0.2) is 8.78 Å². The van der Waals surface area contributed by atoms with Crippen molar-refractivity contribution in [2.24, 2.45) is 5.41 Å². The highest BCUT2D eigenvalue weighted by Gasteiger charge is 2.41. The van der Waals surface area contributed by atoms with Crippen LogP contribution in [-0.2, 0) is 16.0 Å². The third-order valence-corrected chi connectivity index (χ3v) is 4.17. The minimum absolute atomic E-state index is 0.136. The van der Waals surface area contributed by atoms with Crippen molar-refractivity contribution in [2.45, 2.75) is 19.3 Å². The van der Waals surface area contributed by atoms with Crippen molar-refractivity contribution < 1.29 is 23.4 Å². The normalized spacial score (nSPS) is 18.3. The Labute approximate surface area is 117 Å². The Morgan fingerprint density at radius 1 is 1.37 bits per heavy atom. The van der Waals surface area contributed by atoms with Gasteiger partial charge in [0.05, 0.1) is 9.89 Å². The largest absolute Gasteiger partial charge is 0.481 e. The number of carboxylic acids is 1. The van der Waals surface area contributed by atoms with Gasteiger partial charge in [-0.1, -0.05) is 0 Å². The molecule has 1 aromatic carbocycles. The summed E-state index contributed by atoms with van der Waals surface area (Å²) in [5.41, 5.74) is -1.33. The topological polar surface area (TPSA) is 46.5 Å². The maximum absolute atomic E-state index is 13.9. The molecule has 0 spiro atoms. The van der Waals surface area contributed by atoms with E-state index >= 15 is 0 Å². The van der Waals surface area contributed by atoms with Crippen LogP contribution in [0.4, 0.5) is 8.78 Å². The quantitative estimate of drug-likeness (QED) is 0.864. The second kappa shape index (κ2) is 5.54. The molecule has 0 unspecified atom stereocenters. The highest BCUT2D eigenvalue weighted by Crippen LogP contribution is 2.37. The van der Waals surface area contributed by atoms with Crippen LogP contribution in [0.25, 0.3) is 0 Å². The maximum atomic E-state index is 13.9. The van der Waals surface area contributed by atoms with E-state index in [4.69, 9.17) is 4.74 Å². The van der Waals surface area contributed by atoms with Crippen molar-refractivity contribution in [1.29, 1.82) is 0 Å². The van der Waals surface area contributed by atoms with E-state index < -0.39 is 23.0 Å². The number of benzene rings is 1. The molecule has 1 aliphatic rings. The van der Waals surface area contributed by atoms with Gasteiger partial charge in [-0.3, -0.25) is 4.79 Å². The molecule has 0 aliphatic carbocycles. The Balaban J connectivity index is 2.37. The molecule has 0 amide bonds. The van der Waals surface area contributed by atoms with Crippen LogP contribution in [0.2, 0.25) is 0 Å². The molecule has 104 valence electrons. The van der Waals surface area contributed by atoms with Gasteiger partial charge in [-0.2, -0.15) is 0 Å². The Kier molecular flexibility index (Phi) is 4.20. The van der Waals surface area contributed by atoms with Crippen LogP contribution in [0.3, 0.4) is 0 Å². The lowest BCUT2D eigenvalue weighted by Gasteiger charge is -2.33. The lowest BCUT2D eigenvalue weighted by atomic mass is 9.75. The number of halogens is 3. The molecule has 3 nitrogen and oxygen atoms in total. The van der Waals surface area contributed by atoms with E-state index in [2.05, 4.69) is 15.9 Å². The van der Waals surface area contributed by atoms with Crippen molar-refractivity contribution in [2.75, 3.05) is 13.2 Å². The second-order valence-corrected chi connectivity index (χ2v) is 5.55. The van der Waals surface area contributed by atoms with Crippen LogP contribution >= 0.6 is 15.9 Å².